The van der Waals surface area contributed by atoms with Gasteiger partial charge in [-0.3, -0.25) is 14.7 Å². The van der Waals surface area contributed by atoms with E-state index in [0.717, 1.165) is 32.6 Å². The molecule has 0 aliphatic carbocycles. The first kappa shape index (κ1) is 17.4. The van der Waals surface area contributed by atoms with E-state index in [1.165, 1.54) is 23.7 Å². The fourth-order valence-corrected chi connectivity index (χ4v) is 4.62. The van der Waals surface area contributed by atoms with E-state index in [0.29, 0.717) is 22.9 Å². The summed E-state index contributed by atoms with van der Waals surface area (Å²) in [5, 5.41) is 0.667. The zero-order valence-electron chi connectivity index (χ0n) is 14.7. The summed E-state index contributed by atoms with van der Waals surface area (Å²) in [7, 11) is 0. The van der Waals surface area contributed by atoms with E-state index in [1.807, 2.05) is 12.4 Å². The Morgan fingerprint density at radius 1 is 1.08 bits per heavy atom. The minimum Gasteiger partial charge on any atom is -0.337 e. The van der Waals surface area contributed by atoms with Gasteiger partial charge < -0.3 is 4.90 Å². The number of thioether (sulfide) groups is 1. The van der Waals surface area contributed by atoms with E-state index in [-0.39, 0.29) is 5.91 Å². The molecule has 0 unspecified atom stereocenters. The molecule has 2 aromatic heterocycles. The van der Waals surface area contributed by atoms with Crippen LogP contribution in [-0.4, -0.2) is 62.1 Å². The summed E-state index contributed by atoms with van der Waals surface area (Å²) in [6.07, 6.45) is 9.45. The van der Waals surface area contributed by atoms with E-state index in [1.54, 1.807) is 18.5 Å². The number of fused-ring (bicyclic) bond motifs is 4. The average molecular weight is 369 g/mol. The topological polar surface area (TPSA) is 62.2 Å². The van der Waals surface area contributed by atoms with Gasteiger partial charge in [-0.15, -0.1) is 0 Å². The van der Waals surface area contributed by atoms with E-state index in [2.05, 4.69) is 36.9 Å². The molecule has 5 rings (SSSR count). The second kappa shape index (κ2) is 8.14. The fraction of sp³-hybridized carbons (Fsp3) is 0.474. The molecule has 0 radical (unpaired) electrons. The van der Waals surface area contributed by atoms with Crippen molar-refractivity contribution in [3.63, 3.8) is 0 Å². The summed E-state index contributed by atoms with van der Waals surface area (Å²) in [5.74, 6) is 1.19. The molecule has 136 valence electrons. The lowest BCUT2D eigenvalue weighted by Gasteiger charge is -2.36. The number of aromatic nitrogens is 3. The smallest absolute Gasteiger partial charge is 0.233 e. The molecule has 3 saturated heterocycles. The van der Waals surface area contributed by atoms with Crippen LogP contribution in [0.3, 0.4) is 0 Å². The van der Waals surface area contributed by atoms with E-state index in [4.69, 9.17) is 0 Å². The largest absolute Gasteiger partial charge is 0.337 e. The van der Waals surface area contributed by atoms with Crippen LogP contribution in [0, 0.1) is 5.92 Å². The minimum absolute atomic E-state index is 0.211. The fourth-order valence-electron chi connectivity index (χ4n) is 3.93. The van der Waals surface area contributed by atoms with Crippen molar-refractivity contribution in [3.8, 4) is 0 Å². The summed E-state index contributed by atoms with van der Waals surface area (Å²) in [4.78, 5) is 29.9. The molecule has 2 aromatic rings. The van der Waals surface area contributed by atoms with Gasteiger partial charge in [0.2, 0.25) is 5.91 Å². The van der Waals surface area contributed by atoms with Crippen LogP contribution in [0.5, 0.6) is 0 Å². The number of hydrogen-bond acceptors (Lipinski definition) is 6. The molecule has 5 heterocycles. The minimum atomic E-state index is 0.211. The van der Waals surface area contributed by atoms with E-state index in [9.17, 15) is 4.79 Å². The van der Waals surface area contributed by atoms with Gasteiger partial charge in [0, 0.05) is 57.0 Å². The lowest BCUT2D eigenvalue weighted by atomic mass is 9.95. The highest BCUT2D eigenvalue weighted by Crippen LogP contribution is 2.29. The second-order valence-electron chi connectivity index (χ2n) is 7.01. The van der Waals surface area contributed by atoms with Crippen LogP contribution in [0.15, 0.2) is 48.1 Å². The number of nitrogens with zero attached hydrogens (tertiary/aromatic N) is 5. The van der Waals surface area contributed by atoms with Crippen LogP contribution in [0.25, 0.3) is 0 Å². The molecule has 7 heteroatoms. The maximum Gasteiger partial charge on any atom is 0.233 e. The zero-order valence-corrected chi connectivity index (χ0v) is 15.5. The van der Waals surface area contributed by atoms with Crippen molar-refractivity contribution in [2.45, 2.75) is 30.6 Å². The highest BCUT2D eigenvalue weighted by molar-refractivity contribution is 7.99. The maximum absolute atomic E-state index is 12.8. The molecule has 2 atom stereocenters. The molecule has 0 spiro atoms. The molecule has 3 aliphatic heterocycles. The van der Waals surface area contributed by atoms with Crippen molar-refractivity contribution in [3.05, 3.63) is 48.5 Å². The Morgan fingerprint density at radius 3 is 2.69 bits per heavy atom. The van der Waals surface area contributed by atoms with Gasteiger partial charge in [-0.2, -0.15) is 0 Å². The van der Waals surface area contributed by atoms with Crippen LogP contribution >= 0.6 is 11.8 Å². The Morgan fingerprint density at radius 2 is 1.88 bits per heavy atom. The standard InChI is InChI=1S/C19H23N5OS/c25-18(14-26-19-21-6-1-7-22-19)24-12-16-2-3-17(24)13-23(11-16)10-15-4-8-20-9-5-15/h1,4-9,16-17H,2-3,10-14H2/t16-,17+/m0/s1. The molecule has 26 heavy (non-hydrogen) atoms. The SMILES string of the molecule is O=C(CSc1ncccn1)N1C[C@H]2CC[C@@H]1CN(Cc1ccncc1)C2. The second-order valence-corrected chi connectivity index (χ2v) is 7.96. The van der Waals surface area contributed by atoms with Gasteiger partial charge in [-0.1, -0.05) is 11.8 Å². The van der Waals surface area contributed by atoms with Gasteiger partial charge in [0.15, 0.2) is 5.16 Å². The van der Waals surface area contributed by atoms with Crippen molar-refractivity contribution in [1.29, 1.82) is 0 Å². The van der Waals surface area contributed by atoms with Crippen molar-refractivity contribution < 1.29 is 4.79 Å². The highest BCUT2D eigenvalue weighted by Gasteiger charge is 2.36. The number of hydrogen-bond donors (Lipinski definition) is 0. The molecular formula is C19H23N5OS. The lowest BCUT2D eigenvalue weighted by molar-refractivity contribution is -0.132. The molecule has 2 bridgehead atoms. The van der Waals surface area contributed by atoms with Gasteiger partial charge >= 0.3 is 0 Å². The summed E-state index contributed by atoms with van der Waals surface area (Å²) in [6, 6.07) is 6.26. The first-order chi connectivity index (χ1) is 12.8. The normalized spacial score (nSPS) is 23.0. The van der Waals surface area contributed by atoms with Crippen molar-refractivity contribution in [1.82, 2.24) is 24.8 Å². The van der Waals surface area contributed by atoms with E-state index >= 15 is 0 Å². The van der Waals surface area contributed by atoms with Crippen LogP contribution < -0.4 is 0 Å². The Balaban J connectivity index is 1.37. The average Bonchev–Trinajstić information content (AvgIpc) is 2.98. The number of amides is 1. The number of carbonyl (C=O) groups is 1. The number of piperidine rings is 1. The summed E-state index contributed by atoms with van der Waals surface area (Å²) in [6.45, 7) is 3.84. The number of carbonyl (C=O) groups excluding carboxylic acids is 1. The zero-order chi connectivity index (χ0) is 17.8. The third kappa shape index (κ3) is 4.22. The molecule has 3 fully saturated rings. The molecule has 0 aromatic carbocycles. The lowest BCUT2D eigenvalue weighted by Crippen LogP contribution is -2.48. The predicted molar refractivity (Wildman–Crippen MR) is 100 cm³/mol. The molecule has 0 N–H and O–H groups in total. The number of rotatable bonds is 5. The highest BCUT2D eigenvalue weighted by atomic mass is 32.2. The Kier molecular flexibility index (Phi) is 5.45. The molecular weight excluding hydrogens is 346 g/mol. The van der Waals surface area contributed by atoms with Crippen molar-refractivity contribution in [2.75, 3.05) is 25.4 Å². The third-order valence-corrected chi connectivity index (χ3v) is 5.99. The monoisotopic (exact) mass is 369 g/mol. The van der Waals surface area contributed by atoms with Crippen LogP contribution in [0.2, 0.25) is 0 Å². The Hall–Kier alpha value is -1.99. The number of pyridine rings is 1. The van der Waals surface area contributed by atoms with Crippen LogP contribution in [-0.2, 0) is 11.3 Å². The van der Waals surface area contributed by atoms with Gasteiger partial charge in [0.1, 0.15) is 0 Å². The van der Waals surface area contributed by atoms with Crippen LogP contribution in [0.1, 0.15) is 18.4 Å². The summed E-state index contributed by atoms with van der Waals surface area (Å²) < 4.78 is 0. The maximum atomic E-state index is 12.8. The third-order valence-electron chi connectivity index (χ3n) is 5.13. The van der Waals surface area contributed by atoms with Gasteiger partial charge in [0.05, 0.1) is 5.75 Å². The summed E-state index contributed by atoms with van der Waals surface area (Å²) >= 11 is 1.43. The first-order valence-corrected chi connectivity index (χ1v) is 10.1. The molecule has 0 saturated carbocycles. The summed E-state index contributed by atoms with van der Waals surface area (Å²) in [5.41, 5.74) is 1.29. The van der Waals surface area contributed by atoms with Gasteiger partial charge in [0.25, 0.3) is 0 Å². The van der Waals surface area contributed by atoms with E-state index < -0.39 is 0 Å². The predicted octanol–water partition coefficient (Wildman–Crippen LogP) is 2.09. The quantitative estimate of drug-likeness (QED) is 0.594. The van der Waals surface area contributed by atoms with Crippen molar-refractivity contribution >= 4 is 17.7 Å². The first-order valence-electron chi connectivity index (χ1n) is 9.08. The molecule has 6 nitrogen and oxygen atoms in total. The Labute approximate surface area is 158 Å². The molecule has 3 aliphatic rings. The van der Waals surface area contributed by atoms with Gasteiger partial charge in [-0.05, 0) is 42.5 Å². The molecule has 1 amide bonds. The van der Waals surface area contributed by atoms with Crippen LogP contribution in [0.4, 0.5) is 0 Å². The van der Waals surface area contributed by atoms with Gasteiger partial charge in [-0.25, -0.2) is 9.97 Å². The van der Waals surface area contributed by atoms with Crippen molar-refractivity contribution in [2.24, 2.45) is 5.92 Å². The Bertz CT molecular complexity index is 729.